The predicted octanol–water partition coefficient (Wildman–Crippen LogP) is 1.87. The van der Waals surface area contributed by atoms with Crippen LogP contribution in [0.25, 0.3) is 0 Å². The molecule has 1 N–H and O–H groups in total. The minimum atomic E-state index is -0.870. The Balaban J connectivity index is 1.63. The van der Waals surface area contributed by atoms with E-state index in [2.05, 4.69) is 5.32 Å². The molecule has 0 radical (unpaired) electrons. The van der Waals surface area contributed by atoms with Crippen LogP contribution >= 0.6 is 0 Å². The quantitative estimate of drug-likeness (QED) is 0.820. The third-order valence-electron chi connectivity index (χ3n) is 5.08. The Kier molecular flexibility index (Phi) is 5.53. The van der Waals surface area contributed by atoms with E-state index in [4.69, 9.17) is 9.47 Å². The molecule has 8 nitrogen and oxygen atoms in total. The van der Waals surface area contributed by atoms with Gasteiger partial charge < -0.3 is 19.7 Å². The van der Waals surface area contributed by atoms with Gasteiger partial charge in [0.25, 0.3) is 0 Å². The lowest BCUT2D eigenvalue weighted by Crippen LogP contribution is -2.60. The van der Waals surface area contributed by atoms with E-state index < -0.39 is 12.1 Å². The van der Waals surface area contributed by atoms with Gasteiger partial charge in [0.15, 0.2) is 11.5 Å². The highest BCUT2D eigenvalue weighted by Gasteiger charge is 2.39. The number of nitrogens with zero attached hydrogens (tertiary/aromatic N) is 2. The number of hydrogen-bond acceptors (Lipinski definition) is 5. The summed E-state index contributed by atoms with van der Waals surface area (Å²) >= 11 is 0. The molecule has 1 saturated heterocycles. The molecule has 0 unspecified atom stereocenters. The summed E-state index contributed by atoms with van der Waals surface area (Å²) < 4.78 is 10.6. The molecular formula is C19H25N3O5. The Morgan fingerprint density at radius 2 is 1.96 bits per heavy atom. The molecule has 0 spiro atoms. The number of carbonyl (C=O) groups is 3. The number of hydrogen-bond donors (Lipinski definition) is 1. The van der Waals surface area contributed by atoms with E-state index in [9.17, 15) is 14.4 Å². The van der Waals surface area contributed by atoms with Gasteiger partial charge in [-0.3, -0.25) is 14.5 Å². The van der Waals surface area contributed by atoms with E-state index in [0.29, 0.717) is 18.0 Å². The van der Waals surface area contributed by atoms with Crippen molar-refractivity contribution in [3.05, 3.63) is 23.8 Å². The number of amides is 4. The van der Waals surface area contributed by atoms with Crippen LogP contribution in [0, 0.1) is 0 Å². The van der Waals surface area contributed by atoms with Gasteiger partial charge >= 0.3 is 6.03 Å². The first-order chi connectivity index (χ1) is 12.9. The third kappa shape index (κ3) is 3.84. The maximum absolute atomic E-state index is 12.7. The Morgan fingerprint density at radius 3 is 2.70 bits per heavy atom. The van der Waals surface area contributed by atoms with Gasteiger partial charge in [-0.2, -0.15) is 0 Å². The van der Waals surface area contributed by atoms with Gasteiger partial charge in [-0.15, -0.1) is 0 Å². The van der Waals surface area contributed by atoms with Gasteiger partial charge in [0, 0.05) is 25.6 Å². The maximum atomic E-state index is 12.7. The molecule has 27 heavy (non-hydrogen) atoms. The number of imide groups is 1. The van der Waals surface area contributed by atoms with Crippen molar-refractivity contribution in [2.75, 3.05) is 13.3 Å². The van der Waals surface area contributed by atoms with Gasteiger partial charge in [0.05, 0.1) is 0 Å². The number of carbonyl (C=O) groups excluding carboxylic acids is 3. The van der Waals surface area contributed by atoms with Crippen LogP contribution in [0.1, 0.15) is 39.2 Å². The third-order valence-corrected chi connectivity index (χ3v) is 5.08. The molecule has 1 aromatic carbocycles. The number of fused-ring (bicyclic) bond motifs is 1. The molecule has 0 bridgehead atoms. The molecule has 2 atom stereocenters. The summed E-state index contributed by atoms with van der Waals surface area (Å²) in [6, 6.07) is 4.18. The fraction of sp³-hybridized carbons (Fsp3) is 0.526. The zero-order valence-corrected chi connectivity index (χ0v) is 15.9. The van der Waals surface area contributed by atoms with Gasteiger partial charge in [0.2, 0.25) is 18.6 Å². The van der Waals surface area contributed by atoms with Crippen molar-refractivity contribution in [2.45, 2.75) is 52.2 Å². The zero-order valence-electron chi connectivity index (χ0n) is 15.9. The minimum absolute atomic E-state index is 0.0250. The summed E-state index contributed by atoms with van der Waals surface area (Å²) in [4.78, 5) is 40.3. The minimum Gasteiger partial charge on any atom is -0.454 e. The standard InChI is InChI=1S/C19H25N3O5/c1-4-12(2)21-8-7-17(23)22(19(21)25)13(3)18(24)20-10-14-5-6-15-16(9-14)27-11-26-15/h5-6,9,12-13H,4,7-8,10-11H2,1-3H3,(H,20,24)/t12-,13-/m1/s1. The average Bonchev–Trinajstić information content (AvgIpc) is 3.13. The van der Waals surface area contributed by atoms with E-state index >= 15 is 0 Å². The highest BCUT2D eigenvalue weighted by Crippen LogP contribution is 2.32. The van der Waals surface area contributed by atoms with Crippen molar-refractivity contribution in [1.29, 1.82) is 0 Å². The molecule has 1 fully saturated rings. The van der Waals surface area contributed by atoms with Crippen molar-refractivity contribution in [3.63, 3.8) is 0 Å². The summed E-state index contributed by atoms with van der Waals surface area (Å²) in [5, 5.41) is 2.79. The number of rotatable bonds is 6. The molecule has 1 aromatic rings. The van der Waals surface area contributed by atoms with Gasteiger partial charge in [0.1, 0.15) is 6.04 Å². The molecule has 0 saturated carbocycles. The van der Waals surface area contributed by atoms with Crippen LogP contribution in [0.2, 0.25) is 0 Å². The number of ether oxygens (including phenoxy) is 2. The molecule has 2 aliphatic rings. The molecule has 146 valence electrons. The normalized spacial score (nSPS) is 18.5. The van der Waals surface area contributed by atoms with Crippen molar-refractivity contribution >= 4 is 17.8 Å². The Hall–Kier alpha value is -2.77. The molecule has 4 amide bonds. The van der Waals surface area contributed by atoms with Crippen molar-refractivity contribution in [2.24, 2.45) is 0 Å². The van der Waals surface area contributed by atoms with Crippen LogP contribution in [0.15, 0.2) is 18.2 Å². The van der Waals surface area contributed by atoms with Gasteiger partial charge in [-0.05, 0) is 38.0 Å². The van der Waals surface area contributed by atoms with E-state index in [-0.39, 0.29) is 37.6 Å². The summed E-state index contributed by atoms with van der Waals surface area (Å²) in [7, 11) is 0. The molecule has 0 aliphatic carbocycles. The van der Waals surface area contributed by atoms with Crippen LogP contribution in [-0.2, 0) is 16.1 Å². The molecular weight excluding hydrogens is 350 g/mol. The van der Waals surface area contributed by atoms with Crippen molar-refractivity contribution in [1.82, 2.24) is 15.1 Å². The van der Waals surface area contributed by atoms with E-state index in [1.54, 1.807) is 24.0 Å². The first-order valence-corrected chi connectivity index (χ1v) is 9.21. The smallest absolute Gasteiger partial charge is 0.327 e. The number of benzene rings is 1. The zero-order chi connectivity index (χ0) is 19.6. The summed E-state index contributed by atoms with van der Waals surface area (Å²) in [6.07, 6.45) is 1.02. The largest absolute Gasteiger partial charge is 0.454 e. The molecule has 8 heteroatoms. The van der Waals surface area contributed by atoms with Crippen molar-refractivity contribution < 1.29 is 23.9 Å². The number of nitrogens with one attached hydrogen (secondary N) is 1. The lowest BCUT2D eigenvalue weighted by Gasteiger charge is -2.39. The Morgan fingerprint density at radius 1 is 1.22 bits per heavy atom. The van der Waals surface area contributed by atoms with Crippen molar-refractivity contribution in [3.8, 4) is 11.5 Å². The lowest BCUT2D eigenvalue weighted by atomic mass is 10.1. The first kappa shape index (κ1) is 19.0. The Bertz CT molecular complexity index is 751. The van der Waals surface area contributed by atoms with Crippen LogP contribution in [0.5, 0.6) is 11.5 Å². The maximum Gasteiger partial charge on any atom is 0.327 e. The van der Waals surface area contributed by atoms with Crippen LogP contribution in [0.3, 0.4) is 0 Å². The molecule has 2 aliphatic heterocycles. The fourth-order valence-electron chi connectivity index (χ4n) is 3.19. The van der Waals surface area contributed by atoms with E-state index in [1.807, 2.05) is 19.9 Å². The monoisotopic (exact) mass is 375 g/mol. The molecule has 0 aromatic heterocycles. The fourth-order valence-corrected chi connectivity index (χ4v) is 3.19. The van der Waals surface area contributed by atoms with Gasteiger partial charge in [-0.25, -0.2) is 4.79 Å². The lowest BCUT2D eigenvalue weighted by molar-refractivity contribution is -0.139. The second kappa shape index (κ2) is 7.85. The summed E-state index contributed by atoms with van der Waals surface area (Å²) in [5.74, 6) is 0.624. The SMILES string of the molecule is CC[C@@H](C)N1CCC(=O)N([C@H](C)C(=O)NCc2ccc3c(c2)OCO3)C1=O. The van der Waals surface area contributed by atoms with Crippen LogP contribution in [-0.4, -0.2) is 53.1 Å². The second-order valence-corrected chi connectivity index (χ2v) is 6.83. The van der Waals surface area contributed by atoms with E-state index in [1.165, 1.54) is 0 Å². The molecule has 2 heterocycles. The highest BCUT2D eigenvalue weighted by molar-refractivity contribution is 6.01. The molecule has 3 rings (SSSR count). The Labute approximate surface area is 158 Å². The topological polar surface area (TPSA) is 88.2 Å². The first-order valence-electron chi connectivity index (χ1n) is 9.21. The second-order valence-electron chi connectivity index (χ2n) is 6.83. The van der Waals surface area contributed by atoms with E-state index in [0.717, 1.165) is 16.9 Å². The van der Waals surface area contributed by atoms with Gasteiger partial charge in [-0.1, -0.05) is 13.0 Å². The summed E-state index contributed by atoms with van der Waals surface area (Å²) in [6.45, 7) is 6.36. The summed E-state index contributed by atoms with van der Waals surface area (Å²) in [5.41, 5.74) is 0.845. The van der Waals surface area contributed by atoms with Crippen LogP contribution in [0.4, 0.5) is 4.79 Å². The van der Waals surface area contributed by atoms with Crippen LogP contribution < -0.4 is 14.8 Å². The number of urea groups is 1. The predicted molar refractivity (Wildman–Crippen MR) is 97.2 cm³/mol. The highest BCUT2D eigenvalue weighted by atomic mass is 16.7. The average molecular weight is 375 g/mol.